The Morgan fingerprint density at radius 2 is 1.74 bits per heavy atom. The normalized spacial score (nSPS) is 21.3. The van der Waals surface area contributed by atoms with Crippen molar-refractivity contribution in [3.63, 3.8) is 0 Å². The number of esters is 1. The summed E-state index contributed by atoms with van der Waals surface area (Å²) in [5, 5.41) is 2.94. The first-order valence-electron chi connectivity index (χ1n) is 11.8. The molecule has 2 saturated heterocycles. The minimum atomic E-state index is -0.147. The van der Waals surface area contributed by atoms with Gasteiger partial charge in [0, 0.05) is 45.3 Å². The monoisotopic (exact) mass is 429 g/mol. The van der Waals surface area contributed by atoms with E-state index in [9.17, 15) is 9.59 Å². The number of likely N-dealkylation sites (tertiary alicyclic amines) is 1. The fraction of sp³-hybridized carbons (Fsp3) is 0.696. The third-order valence-corrected chi connectivity index (χ3v) is 6.88. The van der Waals surface area contributed by atoms with Crippen LogP contribution in [0, 0.1) is 5.92 Å². The van der Waals surface area contributed by atoms with Crippen LogP contribution in [0.5, 0.6) is 0 Å². The van der Waals surface area contributed by atoms with E-state index in [0.29, 0.717) is 38.2 Å². The average molecular weight is 430 g/mol. The van der Waals surface area contributed by atoms with Crippen LogP contribution < -0.4 is 10.2 Å². The van der Waals surface area contributed by atoms with Crippen molar-refractivity contribution >= 4 is 23.5 Å². The fourth-order valence-corrected chi connectivity index (χ4v) is 5.01. The molecule has 3 fully saturated rings. The number of aromatic nitrogens is 1. The maximum atomic E-state index is 12.6. The first kappa shape index (κ1) is 21.9. The Bertz CT molecular complexity index is 734. The van der Waals surface area contributed by atoms with Crippen LogP contribution in [0.4, 0.5) is 16.3 Å². The van der Waals surface area contributed by atoms with Crippen LogP contribution in [0.15, 0.2) is 18.3 Å². The minimum Gasteiger partial charge on any atom is -0.466 e. The maximum absolute atomic E-state index is 12.6. The number of urea groups is 1. The molecule has 0 atom stereocenters. The molecule has 0 aromatic carbocycles. The first-order chi connectivity index (χ1) is 15.1. The highest BCUT2D eigenvalue weighted by Crippen LogP contribution is 2.25. The summed E-state index contributed by atoms with van der Waals surface area (Å²) in [7, 11) is 0. The van der Waals surface area contributed by atoms with E-state index in [1.807, 2.05) is 19.1 Å². The summed E-state index contributed by atoms with van der Waals surface area (Å²) in [6, 6.07) is 4.57. The predicted octanol–water partition coefficient (Wildman–Crippen LogP) is 2.95. The number of nitrogens with one attached hydrogen (secondary N) is 1. The van der Waals surface area contributed by atoms with Gasteiger partial charge in [-0.25, -0.2) is 9.78 Å². The molecule has 1 aliphatic carbocycles. The third-order valence-electron chi connectivity index (χ3n) is 6.88. The maximum Gasteiger partial charge on any atom is 0.321 e. The molecule has 4 rings (SSSR count). The zero-order valence-electron chi connectivity index (χ0n) is 18.6. The predicted molar refractivity (Wildman–Crippen MR) is 120 cm³/mol. The van der Waals surface area contributed by atoms with Crippen molar-refractivity contribution in [3.8, 4) is 0 Å². The quantitative estimate of drug-likeness (QED) is 0.725. The van der Waals surface area contributed by atoms with E-state index in [4.69, 9.17) is 4.74 Å². The Morgan fingerprint density at radius 1 is 1.03 bits per heavy atom. The molecule has 0 spiro atoms. The highest BCUT2D eigenvalue weighted by atomic mass is 16.5. The standard InChI is InChI=1S/C23H35N5O3/c1-2-31-22(29)18-9-11-28(12-10-18)23(30)25-19-7-8-21(24-17-19)27-15-13-26(14-16-27)20-5-3-4-6-20/h7-8,17-18,20H,2-6,9-16H2,1H3,(H,25,30). The lowest BCUT2D eigenvalue weighted by Crippen LogP contribution is -2.50. The molecule has 8 nitrogen and oxygen atoms in total. The largest absolute Gasteiger partial charge is 0.466 e. The van der Waals surface area contributed by atoms with Crippen molar-refractivity contribution in [3.05, 3.63) is 18.3 Å². The van der Waals surface area contributed by atoms with E-state index in [0.717, 1.165) is 38.0 Å². The topological polar surface area (TPSA) is 78.0 Å². The fourth-order valence-electron chi connectivity index (χ4n) is 5.01. The number of hydrogen-bond acceptors (Lipinski definition) is 6. The van der Waals surface area contributed by atoms with Crippen molar-refractivity contribution in [1.29, 1.82) is 0 Å². The van der Waals surface area contributed by atoms with Gasteiger partial charge in [-0.05, 0) is 44.7 Å². The second kappa shape index (κ2) is 10.3. The van der Waals surface area contributed by atoms with Gasteiger partial charge in [0.05, 0.1) is 24.4 Å². The van der Waals surface area contributed by atoms with Gasteiger partial charge in [-0.3, -0.25) is 9.69 Å². The van der Waals surface area contributed by atoms with Gasteiger partial charge >= 0.3 is 12.0 Å². The Morgan fingerprint density at radius 3 is 2.35 bits per heavy atom. The molecule has 31 heavy (non-hydrogen) atoms. The van der Waals surface area contributed by atoms with E-state index < -0.39 is 0 Å². The van der Waals surface area contributed by atoms with Gasteiger partial charge in [-0.2, -0.15) is 0 Å². The molecular formula is C23H35N5O3. The lowest BCUT2D eigenvalue weighted by atomic mass is 9.97. The molecule has 1 aromatic rings. The number of piperazine rings is 1. The van der Waals surface area contributed by atoms with Crippen molar-refractivity contribution in [2.75, 3.05) is 56.1 Å². The number of ether oxygens (including phenoxy) is 1. The number of hydrogen-bond donors (Lipinski definition) is 1. The number of piperidine rings is 1. The van der Waals surface area contributed by atoms with Crippen molar-refractivity contribution in [1.82, 2.24) is 14.8 Å². The second-order valence-corrected chi connectivity index (χ2v) is 8.81. The van der Waals surface area contributed by atoms with E-state index >= 15 is 0 Å². The molecule has 1 aromatic heterocycles. The molecule has 1 saturated carbocycles. The summed E-state index contributed by atoms with van der Waals surface area (Å²) in [5.74, 6) is 0.727. The SMILES string of the molecule is CCOC(=O)C1CCN(C(=O)Nc2ccc(N3CCN(C4CCCC4)CC3)nc2)CC1. The van der Waals surface area contributed by atoms with E-state index in [2.05, 4.69) is 20.1 Å². The zero-order chi connectivity index (χ0) is 21.6. The number of rotatable bonds is 5. The van der Waals surface area contributed by atoms with Crippen LogP contribution in [0.1, 0.15) is 45.4 Å². The summed E-state index contributed by atoms with van der Waals surface area (Å²) >= 11 is 0. The molecule has 3 heterocycles. The summed E-state index contributed by atoms with van der Waals surface area (Å²) < 4.78 is 5.09. The molecular weight excluding hydrogens is 394 g/mol. The molecule has 3 aliphatic rings. The Hall–Kier alpha value is -2.35. The van der Waals surface area contributed by atoms with Crippen molar-refractivity contribution in [2.24, 2.45) is 5.92 Å². The van der Waals surface area contributed by atoms with Crippen LogP contribution in [-0.4, -0.2) is 78.7 Å². The van der Waals surface area contributed by atoms with E-state index in [1.165, 1.54) is 25.7 Å². The van der Waals surface area contributed by atoms with E-state index in [1.54, 1.807) is 11.1 Å². The molecule has 0 bridgehead atoms. The molecule has 2 amide bonds. The average Bonchev–Trinajstić information content (AvgIpc) is 3.35. The van der Waals surface area contributed by atoms with Crippen LogP contribution >= 0.6 is 0 Å². The van der Waals surface area contributed by atoms with Crippen LogP contribution in [0.3, 0.4) is 0 Å². The molecule has 1 N–H and O–H groups in total. The van der Waals surface area contributed by atoms with Crippen LogP contribution in [-0.2, 0) is 9.53 Å². The number of carbonyl (C=O) groups is 2. The van der Waals surface area contributed by atoms with Gasteiger partial charge in [0.25, 0.3) is 0 Å². The molecule has 8 heteroatoms. The van der Waals surface area contributed by atoms with E-state index in [-0.39, 0.29) is 17.9 Å². The Labute approximate surface area is 184 Å². The third kappa shape index (κ3) is 5.47. The molecule has 0 unspecified atom stereocenters. The molecule has 2 aliphatic heterocycles. The van der Waals surface area contributed by atoms with Gasteiger partial charge < -0.3 is 19.9 Å². The number of pyridine rings is 1. The Kier molecular flexibility index (Phi) is 7.27. The van der Waals surface area contributed by atoms with Gasteiger partial charge in [0.2, 0.25) is 0 Å². The van der Waals surface area contributed by atoms with Crippen LogP contribution in [0.2, 0.25) is 0 Å². The Balaban J connectivity index is 1.22. The zero-order valence-corrected chi connectivity index (χ0v) is 18.6. The smallest absolute Gasteiger partial charge is 0.321 e. The molecule has 170 valence electrons. The number of carbonyl (C=O) groups excluding carboxylic acids is 2. The minimum absolute atomic E-state index is 0.0981. The van der Waals surface area contributed by atoms with Gasteiger partial charge in [-0.15, -0.1) is 0 Å². The van der Waals surface area contributed by atoms with Gasteiger partial charge in [0.1, 0.15) is 5.82 Å². The number of anilines is 2. The summed E-state index contributed by atoms with van der Waals surface area (Å²) in [4.78, 5) is 35.8. The highest BCUT2D eigenvalue weighted by Gasteiger charge is 2.29. The van der Waals surface area contributed by atoms with Gasteiger partial charge in [0.15, 0.2) is 0 Å². The van der Waals surface area contributed by atoms with Gasteiger partial charge in [-0.1, -0.05) is 12.8 Å². The lowest BCUT2D eigenvalue weighted by Gasteiger charge is -2.38. The molecule has 0 radical (unpaired) electrons. The van der Waals surface area contributed by atoms with Crippen molar-refractivity contribution in [2.45, 2.75) is 51.5 Å². The number of nitrogens with zero attached hydrogens (tertiary/aromatic N) is 4. The second-order valence-electron chi connectivity index (χ2n) is 8.81. The highest BCUT2D eigenvalue weighted by molar-refractivity contribution is 5.89. The van der Waals surface area contributed by atoms with Crippen molar-refractivity contribution < 1.29 is 14.3 Å². The first-order valence-corrected chi connectivity index (χ1v) is 11.8. The summed E-state index contributed by atoms with van der Waals surface area (Å²) in [6.45, 7) is 7.56. The number of amides is 2. The summed E-state index contributed by atoms with van der Waals surface area (Å²) in [5.41, 5.74) is 0.700. The van der Waals surface area contributed by atoms with Crippen LogP contribution in [0.25, 0.3) is 0 Å². The lowest BCUT2D eigenvalue weighted by molar-refractivity contribution is -0.149. The summed E-state index contributed by atoms with van der Waals surface area (Å²) in [6.07, 6.45) is 8.50.